The fourth-order valence-electron chi connectivity index (χ4n) is 2.56. The molecule has 0 aliphatic carbocycles. The van der Waals surface area contributed by atoms with E-state index in [4.69, 9.17) is 4.74 Å². The molecule has 1 N–H and O–H groups in total. The summed E-state index contributed by atoms with van der Waals surface area (Å²) in [4.78, 5) is 13.9. The molecule has 2 rings (SSSR count). The van der Waals surface area contributed by atoms with Gasteiger partial charge in [-0.2, -0.15) is 0 Å². The summed E-state index contributed by atoms with van der Waals surface area (Å²) >= 11 is 0. The second-order valence-electron chi connectivity index (χ2n) is 5.09. The zero-order valence-corrected chi connectivity index (χ0v) is 12.0. The van der Waals surface area contributed by atoms with E-state index >= 15 is 0 Å². The first-order valence-electron chi connectivity index (χ1n) is 6.90. The molecular formula is C16H21NO3. The van der Waals surface area contributed by atoms with Gasteiger partial charge in [-0.3, -0.25) is 4.79 Å². The maximum absolute atomic E-state index is 12.2. The summed E-state index contributed by atoms with van der Waals surface area (Å²) in [6.45, 7) is 2.76. The van der Waals surface area contributed by atoms with E-state index in [1.807, 2.05) is 25.1 Å². The highest BCUT2D eigenvalue weighted by Crippen LogP contribution is 2.22. The van der Waals surface area contributed by atoms with Gasteiger partial charge < -0.3 is 14.7 Å². The molecule has 4 nitrogen and oxygen atoms in total. The lowest BCUT2D eigenvalue weighted by atomic mass is 10.1. The number of amides is 1. The van der Waals surface area contributed by atoms with Crippen LogP contribution < -0.4 is 4.74 Å². The summed E-state index contributed by atoms with van der Waals surface area (Å²) in [5.41, 5.74) is 2.01. The van der Waals surface area contributed by atoms with Crippen LogP contribution in [-0.2, 0) is 4.79 Å². The number of hydrogen-bond acceptors (Lipinski definition) is 3. The molecule has 1 atom stereocenters. The number of carbonyl (C=O) groups is 1. The van der Waals surface area contributed by atoms with Crippen LogP contribution in [0.15, 0.2) is 24.3 Å². The molecule has 0 unspecified atom stereocenters. The summed E-state index contributed by atoms with van der Waals surface area (Å²) in [6, 6.07) is 5.81. The van der Waals surface area contributed by atoms with Gasteiger partial charge in [-0.25, -0.2) is 0 Å². The van der Waals surface area contributed by atoms with E-state index in [1.54, 1.807) is 24.2 Å². The quantitative estimate of drug-likeness (QED) is 0.855. The first kappa shape index (κ1) is 14.6. The van der Waals surface area contributed by atoms with Crippen molar-refractivity contribution in [2.75, 3.05) is 20.3 Å². The predicted molar refractivity (Wildman–Crippen MR) is 78.6 cm³/mol. The van der Waals surface area contributed by atoms with Crippen LogP contribution in [0, 0.1) is 6.92 Å². The van der Waals surface area contributed by atoms with Crippen LogP contribution in [0.3, 0.4) is 0 Å². The number of rotatable bonds is 4. The number of ether oxygens (including phenoxy) is 1. The van der Waals surface area contributed by atoms with Crippen molar-refractivity contribution in [1.82, 2.24) is 4.90 Å². The number of nitrogens with zero attached hydrogens (tertiary/aromatic N) is 1. The van der Waals surface area contributed by atoms with E-state index in [9.17, 15) is 9.90 Å². The van der Waals surface area contributed by atoms with Crippen molar-refractivity contribution in [1.29, 1.82) is 0 Å². The Balaban J connectivity index is 2.12. The number of hydrogen-bond donors (Lipinski definition) is 1. The number of aliphatic hydroxyl groups excluding tert-OH is 1. The first-order valence-corrected chi connectivity index (χ1v) is 6.90. The fraction of sp³-hybridized carbons (Fsp3) is 0.438. The molecule has 1 aromatic carbocycles. The molecule has 1 heterocycles. The standard InChI is InChI=1S/C16H21NO3/c1-12-5-7-15(20-2)13(10-12)6-8-16(19)17-9-3-4-14(17)11-18/h5-8,10,14,18H,3-4,9,11H2,1-2H3/t14-/m1/s1. The zero-order valence-electron chi connectivity index (χ0n) is 12.0. The van der Waals surface area contributed by atoms with Crippen molar-refractivity contribution in [2.24, 2.45) is 0 Å². The van der Waals surface area contributed by atoms with Gasteiger partial charge in [0, 0.05) is 18.2 Å². The summed E-state index contributed by atoms with van der Waals surface area (Å²) in [7, 11) is 1.62. The number of aryl methyl sites for hydroxylation is 1. The summed E-state index contributed by atoms with van der Waals surface area (Å²) in [5.74, 6) is 0.699. The van der Waals surface area contributed by atoms with E-state index in [0.717, 1.165) is 36.3 Å². The molecule has 1 aliphatic rings. The van der Waals surface area contributed by atoms with Crippen molar-refractivity contribution >= 4 is 12.0 Å². The Bertz CT molecular complexity index is 510. The minimum atomic E-state index is -0.0508. The maximum atomic E-state index is 12.2. The Hall–Kier alpha value is -1.81. The van der Waals surface area contributed by atoms with Gasteiger partial charge >= 0.3 is 0 Å². The van der Waals surface area contributed by atoms with E-state index in [1.165, 1.54) is 0 Å². The lowest BCUT2D eigenvalue weighted by Gasteiger charge is -2.21. The van der Waals surface area contributed by atoms with Crippen molar-refractivity contribution < 1.29 is 14.6 Å². The molecule has 1 saturated heterocycles. The summed E-state index contributed by atoms with van der Waals surface area (Å²) in [6.07, 6.45) is 5.18. The van der Waals surface area contributed by atoms with E-state index < -0.39 is 0 Å². The molecule has 0 aromatic heterocycles. The van der Waals surface area contributed by atoms with Crippen LogP contribution in [0.4, 0.5) is 0 Å². The molecule has 1 amide bonds. The van der Waals surface area contributed by atoms with E-state index in [-0.39, 0.29) is 18.6 Å². The highest BCUT2D eigenvalue weighted by molar-refractivity contribution is 5.92. The predicted octanol–water partition coefficient (Wildman–Crippen LogP) is 2.00. The van der Waals surface area contributed by atoms with Crippen LogP contribution >= 0.6 is 0 Å². The molecule has 4 heteroatoms. The molecule has 0 saturated carbocycles. The van der Waals surface area contributed by atoms with Gasteiger partial charge in [-0.15, -0.1) is 0 Å². The molecule has 1 aliphatic heterocycles. The normalized spacial score (nSPS) is 18.8. The van der Waals surface area contributed by atoms with Crippen LogP contribution in [0.1, 0.15) is 24.0 Å². The number of likely N-dealkylation sites (tertiary alicyclic amines) is 1. The summed E-state index contributed by atoms with van der Waals surface area (Å²) in [5, 5.41) is 9.25. The third-order valence-electron chi connectivity index (χ3n) is 3.66. The average Bonchev–Trinajstić information content (AvgIpc) is 2.93. The van der Waals surface area contributed by atoms with Crippen molar-refractivity contribution in [3.63, 3.8) is 0 Å². The SMILES string of the molecule is COc1ccc(C)cc1C=CC(=O)N1CCC[C@@H]1CO. The van der Waals surface area contributed by atoms with Gasteiger partial charge in [0.25, 0.3) is 0 Å². The monoisotopic (exact) mass is 275 g/mol. The van der Waals surface area contributed by atoms with Crippen molar-refractivity contribution in [2.45, 2.75) is 25.8 Å². The second kappa shape index (κ2) is 6.57. The highest BCUT2D eigenvalue weighted by Gasteiger charge is 2.26. The van der Waals surface area contributed by atoms with E-state index in [2.05, 4.69) is 0 Å². The largest absolute Gasteiger partial charge is 0.496 e. The lowest BCUT2D eigenvalue weighted by molar-refractivity contribution is -0.127. The molecule has 20 heavy (non-hydrogen) atoms. The molecule has 0 bridgehead atoms. The fourth-order valence-corrected chi connectivity index (χ4v) is 2.56. The third kappa shape index (κ3) is 3.20. The Kier molecular flexibility index (Phi) is 4.79. The molecule has 0 spiro atoms. The van der Waals surface area contributed by atoms with Gasteiger partial charge in [0.15, 0.2) is 0 Å². The van der Waals surface area contributed by atoms with Gasteiger partial charge in [0.1, 0.15) is 5.75 Å². The van der Waals surface area contributed by atoms with Crippen molar-refractivity contribution in [3.8, 4) is 5.75 Å². The van der Waals surface area contributed by atoms with Gasteiger partial charge in [-0.05, 0) is 38.0 Å². The Labute approximate surface area is 119 Å². The Morgan fingerprint density at radius 1 is 1.55 bits per heavy atom. The van der Waals surface area contributed by atoms with Crippen molar-refractivity contribution in [3.05, 3.63) is 35.4 Å². The third-order valence-corrected chi connectivity index (χ3v) is 3.66. The first-order chi connectivity index (χ1) is 9.65. The van der Waals surface area contributed by atoms with Crippen LogP contribution in [0.2, 0.25) is 0 Å². The second-order valence-corrected chi connectivity index (χ2v) is 5.09. The topological polar surface area (TPSA) is 49.8 Å². The minimum absolute atomic E-state index is 0.0351. The number of carbonyl (C=O) groups excluding carboxylic acids is 1. The molecule has 0 radical (unpaired) electrons. The average molecular weight is 275 g/mol. The molecule has 1 fully saturated rings. The Morgan fingerprint density at radius 3 is 3.05 bits per heavy atom. The van der Waals surface area contributed by atoms with Crippen LogP contribution in [-0.4, -0.2) is 42.2 Å². The molecule has 108 valence electrons. The molecule has 1 aromatic rings. The van der Waals surface area contributed by atoms with Gasteiger partial charge in [-0.1, -0.05) is 11.6 Å². The maximum Gasteiger partial charge on any atom is 0.246 e. The summed E-state index contributed by atoms with van der Waals surface area (Å²) < 4.78 is 5.28. The number of benzene rings is 1. The van der Waals surface area contributed by atoms with Crippen LogP contribution in [0.5, 0.6) is 5.75 Å². The van der Waals surface area contributed by atoms with Gasteiger partial charge in [0.2, 0.25) is 5.91 Å². The number of aliphatic hydroxyl groups is 1. The zero-order chi connectivity index (χ0) is 14.5. The Morgan fingerprint density at radius 2 is 2.35 bits per heavy atom. The van der Waals surface area contributed by atoms with Crippen LogP contribution in [0.25, 0.3) is 6.08 Å². The number of methoxy groups -OCH3 is 1. The highest BCUT2D eigenvalue weighted by atomic mass is 16.5. The smallest absolute Gasteiger partial charge is 0.246 e. The lowest BCUT2D eigenvalue weighted by Crippen LogP contribution is -2.36. The minimum Gasteiger partial charge on any atom is -0.496 e. The van der Waals surface area contributed by atoms with E-state index in [0.29, 0.717) is 0 Å². The molecular weight excluding hydrogens is 254 g/mol. The van der Waals surface area contributed by atoms with Gasteiger partial charge in [0.05, 0.1) is 19.8 Å².